The summed E-state index contributed by atoms with van der Waals surface area (Å²) in [6, 6.07) is 7.38. The van der Waals surface area contributed by atoms with Gasteiger partial charge < -0.3 is 5.32 Å². The first kappa shape index (κ1) is 16.3. The normalized spacial score (nSPS) is 18.2. The lowest BCUT2D eigenvalue weighted by molar-refractivity contribution is -0.128. The van der Waals surface area contributed by atoms with Crippen molar-refractivity contribution in [2.24, 2.45) is 0 Å². The summed E-state index contributed by atoms with van der Waals surface area (Å²) in [5.41, 5.74) is 0.688. The van der Waals surface area contributed by atoms with Crippen LogP contribution in [0.5, 0.6) is 0 Å². The van der Waals surface area contributed by atoms with Crippen molar-refractivity contribution in [3.63, 3.8) is 0 Å². The average molecular weight is 418 g/mol. The molecule has 1 aromatic rings. The van der Waals surface area contributed by atoms with E-state index in [2.05, 4.69) is 27.9 Å². The SMILES string of the molecule is CCCN1C(=O)SC(CC(=O)Nc2ccc(I)cc2)C1=O. The molecule has 0 aliphatic carbocycles. The number of carbonyl (C=O) groups excluding carboxylic acids is 3. The number of imide groups is 1. The van der Waals surface area contributed by atoms with E-state index in [9.17, 15) is 14.4 Å². The highest BCUT2D eigenvalue weighted by Crippen LogP contribution is 2.29. The van der Waals surface area contributed by atoms with Gasteiger partial charge in [0.15, 0.2) is 0 Å². The number of amides is 3. The van der Waals surface area contributed by atoms with Crippen LogP contribution in [0.3, 0.4) is 0 Å². The Balaban J connectivity index is 1.92. The van der Waals surface area contributed by atoms with Gasteiger partial charge in [-0.3, -0.25) is 19.3 Å². The van der Waals surface area contributed by atoms with Crippen LogP contribution < -0.4 is 5.32 Å². The highest BCUT2D eigenvalue weighted by atomic mass is 127. The Morgan fingerprint density at radius 2 is 2.00 bits per heavy atom. The smallest absolute Gasteiger partial charge is 0.289 e. The van der Waals surface area contributed by atoms with Gasteiger partial charge in [-0.15, -0.1) is 0 Å². The molecular formula is C14H15IN2O3S. The van der Waals surface area contributed by atoms with Crippen LogP contribution in [0.4, 0.5) is 10.5 Å². The maximum Gasteiger partial charge on any atom is 0.289 e. The van der Waals surface area contributed by atoms with Gasteiger partial charge in [-0.25, -0.2) is 0 Å². The fourth-order valence-corrected chi connectivity index (χ4v) is 3.34. The van der Waals surface area contributed by atoms with Crippen LogP contribution in [0, 0.1) is 3.57 Å². The molecule has 5 nitrogen and oxygen atoms in total. The van der Waals surface area contributed by atoms with E-state index in [0.717, 1.165) is 21.8 Å². The van der Waals surface area contributed by atoms with Crippen LogP contribution >= 0.6 is 34.4 Å². The summed E-state index contributed by atoms with van der Waals surface area (Å²) in [5.74, 6) is -0.516. The summed E-state index contributed by atoms with van der Waals surface area (Å²) in [6.07, 6.45) is 0.737. The number of nitrogens with one attached hydrogen (secondary N) is 1. The van der Waals surface area contributed by atoms with Crippen molar-refractivity contribution in [1.82, 2.24) is 4.90 Å². The second-order valence-electron chi connectivity index (χ2n) is 4.62. The standard InChI is InChI=1S/C14H15IN2O3S/c1-2-7-17-13(19)11(21-14(17)20)8-12(18)16-10-5-3-9(15)4-6-10/h3-6,11H,2,7-8H2,1H3,(H,16,18). The summed E-state index contributed by atoms with van der Waals surface area (Å²) in [7, 11) is 0. The van der Waals surface area contributed by atoms with Gasteiger partial charge in [-0.05, 0) is 53.3 Å². The van der Waals surface area contributed by atoms with Gasteiger partial charge in [-0.2, -0.15) is 0 Å². The molecule has 7 heteroatoms. The summed E-state index contributed by atoms with van der Waals surface area (Å²) in [6.45, 7) is 2.32. The van der Waals surface area contributed by atoms with E-state index in [0.29, 0.717) is 12.2 Å². The molecule has 1 aliphatic heterocycles. The Bertz CT molecular complexity index is 562. The summed E-state index contributed by atoms with van der Waals surface area (Å²) in [5, 5.41) is 1.88. The lowest BCUT2D eigenvalue weighted by Crippen LogP contribution is -2.33. The monoisotopic (exact) mass is 418 g/mol. The van der Waals surface area contributed by atoms with E-state index < -0.39 is 5.25 Å². The number of halogens is 1. The number of anilines is 1. The molecule has 3 amide bonds. The number of thioether (sulfide) groups is 1. The van der Waals surface area contributed by atoms with Crippen molar-refractivity contribution < 1.29 is 14.4 Å². The van der Waals surface area contributed by atoms with Crippen molar-refractivity contribution in [3.05, 3.63) is 27.8 Å². The first-order valence-electron chi connectivity index (χ1n) is 6.58. The van der Waals surface area contributed by atoms with E-state index in [1.807, 2.05) is 19.1 Å². The second kappa shape index (κ2) is 7.26. The molecule has 0 aromatic heterocycles. The average Bonchev–Trinajstić information content (AvgIpc) is 2.69. The number of rotatable bonds is 5. The molecule has 1 atom stereocenters. The van der Waals surface area contributed by atoms with Gasteiger partial charge in [-0.1, -0.05) is 18.7 Å². The zero-order valence-electron chi connectivity index (χ0n) is 11.5. The van der Waals surface area contributed by atoms with Gasteiger partial charge >= 0.3 is 0 Å². The molecule has 2 rings (SSSR count). The Labute approximate surface area is 141 Å². The maximum atomic E-state index is 12.0. The summed E-state index contributed by atoms with van der Waals surface area (Å²) >= 11 is 3.12. The minimum Gasteiger partial charge on any atom is -0.326 e. The number of hydrogen-bond acceptors (Lipinski definition) is 4. The van der Waals surface area contributed by atoms with E-state index in [1.165, 1.54) is 4.90 Å². The van der Waals surface area contributed by atoms with Crippen LogP contribution in [0.2, 0.25) is 0 Å². The molecule has 112 valence electrons. The fraction of sp³-hybridized carbons (Fsp3) is 0.357. The highest BCUT2D eigenvalue weighted by Gasteiger charge is 2.39. The van der Waals surface area contributed by atoms with E-state index >= 15 is 0 Å². The Morgan fingerprint density at radius 3 is 2.62 bits per heavy atom. The molecule has 1 aliphatic rings. The predicted octanol–water partition coefficient (Wildman–Crippen LogP) is 3.09. The molecule has 1 N–H and O–H groups in total. The van der Waals surface area contributed by atoms with Gasteiger partial charge in [0.25, 0.3) is 5.24 Å². The van der Waals surface area contributed by atoms with Gasteiger partial charge in [0.05, 0.1) is 0 Å². The van der Waals surface area contributed by atoms with Crippen LogP contribution in [-0.4, -0.2) is 33.7 Å². The lowest BCUT2D eigenvalue weighted by Gasteiger charge is -2.12. The molecule has 0 bridgehead atoms. The molecular weight excluding hydrogens is 403 g/mol. The largest absolute Gasteiger partial charge is 0.326 e. The van der Waals surface area contributed by atoms with E-state index in [-0.39, 0.29) is 23.5 Å². The maximum absolute atomic E-state index is 12.0. The molecule has 0 spiro atoms. The topological polar surface area (TPSA) is 66.5 Å². The third-order valence-corrected chi connectivity index (χ3v) is 4.74. The first-order chi connectivity index (χ1) is 10.0. The van der Waals surface area contributed by atoms with Crippen molar-refractivity contribution in [1.29, 1.82) is 0 Å². The molecule has 1 fully saturated rings. The van der Waals surface area contributed by atoms with Crippen molar-refractivity contribution in [2.75, 3.05) is 11.9 Å². The summed E-state index contributed by atoms with van der Waals surface area (Å²) in [4.78, 5) is 36.9. The lowest BCUT2D eigenvalue weighted by atomic mass is 10.2. The fourth-order valence-electron chi connectivity index (χ4n) is 1.97. The number of hydrogen-bond donors (Lipinski definition) is 1. The molecule has 21 heavy (non-hydrogen) atoms. The minimum absolute atomic E-state index is 0.0153. The Kier molecular flexibility index (Phi) is 5.63. The van der Waals surface area contributed by atoms with Crippen molar-refractivity contribution >= 4 is 57.1 Å². The molecule has 0 radical (unpaired) electrons. The van der Waals surface area contributed by atoms with Gasteiger partial charge in [0, 0.05) is 22.2 Å². The quantitative estimate of drug-likeness (QED) is 0.747. The van der Waals surface area contributed by atoms with Gasteiger partial charge in [0.1, 0.15) is 5.25 Å². The zero-order valence-corrected chi connectivity index (χ0v) is 14.4. The third-order valence-electron chi connectivity index (χ3n) is 2.95. The van der Waals surface area contributed by atoms with Crippen LogP contribution in [0.25, 0.3) is 0 Å². The van der Waals surface area contributed by atoms with Crippen LogP contribution in [0.1, 0.15) is 19.8 Å². The Hall–Kier alpha value is -1.09. The molecule has 0 saturated carbocycles. The second-order valence-corrected chi connectivity index (χ2v) is 7.02. The van der Waals surface area contributed by atoms with Crippen LogP contribution in [0.15, 0.2) is 24.3 Å². The minimum atomic E-state index is -0.604. The molecule has 1 saturated heterocycles. The number of benzene rings is 1. The predicted molar refractivity (Wildman–Crippen MR) is 91.2 cm³/mol. The third kappa shape index (κ3) is 4.19. The molecule has 1 unspecified atom stereocenters. The number of nitrogens with zero attached hydrogens (tertiary/aromatic N) is 1. The van der Waals surface area contributed by atoms with E-state index in [1.54, 1.807) is 12.1 Å². The Morgan fingerprint density at radius 1 is 1.33 bits per heavy atom. The highest BCUT2D eigenvalue weighted by molar-refractivity contribution is 14.1. The number of carbonyl (C=O) groups is 3. The molecule has 1 heterocycles. The van der Waals surface area contributed by atoms with Crippen molar-refractivity contribution in [3.8, 4) is 0 Å². The zero-order chi connectivity index (χ0) is 15.4. The summed E-state index contributed by atoms with van der Waals surface area (Å²) < 4.78 is 1.08. The van der Waals surface area contributed by atoms with E-state index in [4.69, 9.17) is 0 Å². The van der Waals surface area contributed by atoms with Gasteiger partial charge in [0.2, 0.25) is 11.8 Å². The van der Waals surface area contributed by atoms with Crippen molar-refractivity contribution in [2.45, 2.75) is 25.0 Å². The molecule has 1 aromatic carbocycles. The van der Waals surface area contributed by atoms with Crippen LogP contribution in [-0.2, 0) is 9.59 Å². The first-order valence-corrected chi connectivity index (χ1v) is 8.54.